The summed E-state index contributed by atoms with van der Waals surface area (Å²) in [4.78, 5) is 72.1. The van der Waals surface area contributed by atoms with Crippen molar-refractivity contribution in [3.05, 3.63) is 35.9 Å². The molecule has 37 heavy (non-hydrogen) atoms. The summed E-state index contributed by atoms with van der Waals surface area (Å²) in [7, 11) is 0. The van der Waals surface area contributed by atoms with Crippen LogP contribution in [-0.4, -0.2) is 69.9 Å². The van der Waals surface area contributed by atoms with Gasteiger partial charge in [-0.05, 0) is 24.3 Å². The number of benzene rings is 1. The quantitative estimate of drug-likeness (QED) is 0.139. The first-order valence-corrected chi connectivity index (χ1v) is 11.7. The Balaban J connectivity index is 3.10. The molecular weight excluding hydrogens is 486 g/mol. The fourth-order valence-corrected chi connectivity index (χ4v) is 3.41. The fraction of sp³-hybridized carbons (Fsp3) is 0.500. The van der Waals surface area contributed by atoms with E-state index in [0.29, 0.717) is 5.56 Å². The summed E-state index contributed by atoms with van der Waals surface area (Å²) in [5.74, 6) is -5.86. The average molecular weight is 522 g/mol. The lowest BCUT2D eigenvalue weighted by Crippen LogP contribution is -2.58. The van der Waals surface area contributed by atoms with E-state index < -0.39 is 66.2 Å². The molecule has 1 rings (SSSR count). The topological polar surface area (TPSA) is 231 Å². The third kappa shape index (κ3) is 12.0. The molecule has 1 aromatic rings. The smallest absolute Gasteiger partial charge is 0.326 e. The number of nitrogens with one attached hydrogen (secondary N) is 3. The molecule has 9 N–H and O–H groups in total. The minimum atomic E-state index is -1.40. The molecule has 0 aliphatic rings. The summed E-state index contributed by atoms with van der Waals surface area (Å²) in [6.45, 7) is 3.59. The highest BCUT2D eigenvalue weighted by Gasteiger charge is 2.31. The van der Waals surface area contributed by atoms with Crippen molar-refractivity contribution in [2.75, 3.05) is 0 Å². The van der Waals surface area contributed by atoms with Gasteiger partial charge in [-0.2, -0.15) is 0 Å². The fourth-order valence-electron chi connectivity index (χ4n) is 3.41. The SMILES string of the molecule is CC(C)CC(NC(=O)C(Cc1ccccc1)NC(=O)C(N)CC(=O)O)C(=O)NC(CCC(N)=O)C(=O)O. The second-order valence-electron chi connectivity index (χ2n) is 9.05. The van der Waals surface area contributed by atoms with E-state index in [1.54, 1.807) is 44.2 Å². The standard InChI is InChI=1S/C24H35N5O8/c1-13(2)10-17(22(34)27-16(24(36)37)8-9-19(26)30)29-23(35)18(11-14-6-4-3-5-7-14)28-21(33)15(25)12-20(31)32/h3-7,13,15-18H,8-12,25H2,1-2H3,(H2,26,30)(H,27,34)(H,28,33)(H,29,35)(H,31,32)(H,36,37). The van der Waals surface area contributed by atoms with Gasteiger partial charge in [-0.15, -0.1) is 0 Å². The van der Waals surface area contributed by atoms with E-state index in [-0.39, 0.29) is 31.6 Å². The van der Waals surface area contributed by atoms with Gasteiger partial charge in [0.1, 0.15) is 18.1 Å². The molecule has 13 heteroatoms. The molecule has 0 saturated heterocycles. The Bertz CT molecular complexity index is 969. The lowest BCUT2D eigenvalue weighted by Gasteiger charge is -2.26. The highest BCUT2D eigenvalue weighted by atomic mass is 16.4. The predicted molar refractivity (Wildman–Crippen MR) is 132 cm³/mol. The normalized spacial score (nSPS) is 14.1. The van der Waals surface area contributed by atoms with Gasteiger partial charge in [-0.1, -0.05) is 44.2 Å². The van der Waals surface area contributed by atoms with Crippen molar-refractivity contribution in [1.82, 2.24) is 16.0 Å². The molecule has 0 heterocycles. The number of carboxylic acids is 2. The zero-order chi connectivity index (χ0) is 28.1. The molecule has 0 saturated carbocycles. The van der Waals surface area contributed by atoms with Crippen LogP contribution in [0, 0.1) is 5.92 Å². The predicted octanol–water partition coefficient (Wildman–Crippen LogP) is -1.12. The zero-order valence-corrected chi connectivity index (χ0v) is 20.8. The van der Waals surface area contributed by atoms with Crippen molar-refractivity contribution in [1.29, 1.82) is 0 Å². The summed E-state index contributed by atoms with van der Waals surface area (Å²) in [5, 5.41) is 25.6. The van der Waals surface area contributed by atoms with Crippen LogP contribution in [0.4, 0.5) is 0 Å². The summed E-state index contributed by atoms with van der Waals surface area (Å²) >= 11 is 0. The number of carbonyl (C=O) groups excluding carboxylic acids is 4. The van der Waals surface area contributed by atoms with Crippen molar-refractivity contribution in [3.8, 4) is 0 Å². The molecule has 0 aliphatic carbocycles. The van der Waals surface area contributed by atoms with Gasteiger partial charge in [0.25, 0.3) is 0 Å². The second kappa shape index (κ2) is 15.2. The molecule has 13 nitrogen and oxygen atoms in total. The van der Waals surface area contributed by atoms with E-state index in [0.717, 1.165) is 0 Å². The lowest BCUT2D eigenvalue weighted by molar-refractivity contribution is -0.142. The molecule has 4 atom stereocenters. The average Bonchev–Trinajstić information content (AvgIpc) is 2.80. The first kappa shape index (κ1) is 31.0. The van der Waals surface area contributed by atoms with Crippen molar-refractivity contribution in [3.63, 3.8) is 0 Å². The van der Waals surface area contributed by atoms with Gasteiger partial charge in [-0.25, -0.2) is 4.79 Å². The van der Waals surface area contributed by atoms with E-state index in [4.69, 9.17) is 16.6 Å². The van der Waals surface area contributed by atoms with Crippen LogP contribution in [0.5, 0.6) is 0 Å². The summed E-state index contributed by atoms with van der Waals surface area (Å²) < 4.78 is 0. The zero-order valence-electron chi connectivity index (χ0n) is 20.8. The number of nitrogens with two attached hydrogens (primary N) is 2. The van der Waals surface area contributed by atoms with Crippen molar-refractivity contribution in [2.24, 2.45) is 17.4 Å². The van der Waals surface area contributed by atoms with Crippen LogP contribution in [-0.2, 0) is 35.2 Å². The molecule has 0 radical (unpaired) electrons. The lowest BCUT2D eigenvalue weighted by atomic mass is 10.00. The van der Waals surface area contributed by atoms with Crippen LogP contribution < -0.4 is 27.4 Å². The number of rotatable bonds is 16. The van der Waals surface area contributed by atoms with Gasteiger partial charge < -0.3 is 37.6 Å². The molecular formula is C24H35N5O8. The Kier molecular flexibility index (Phi) is 12.7. The van der Waals surface area contributed by atoms with Crippen molar-refractivity contribution >= 4 is 35.6 Å². The highest BCUT2D eigenvalue weighted by Crippen LogP contribution is 2.09. The van der Waals surface area contributed by atoms with Gasteiger partial charge in [0, 0.05) is 12.8 Å². The van der Waals surface area contributed by atoms with Crippen LogP contribution in [0.15, 0.2) is 30.3 Å². The Morgan fingerprint density at radius 2 is 1.38 bits per heavy atom. The van der Waals surface area contributed by atoms with Gasteiger partial charge in [0.15, 0.2) is 0 Å². The molecule has 204 valence electrons. The maximum Gasteiger partial charge on any atom is 0.326 e. The Hall–Kier alpha value is -4.00. The number of carboxylic acid groups (broad SMARTS) is 2. The molecule has 4 amide bonds. The van der Waals surface area contributed by atoms with Gasteiger partial charge in [0.05, 0.1) is 12.5 Å². The first-order chi connectivity index (χ1) is 17.3. The number of aliphatic carboxylic acids is 2. The number of hydrogen-bond donors (Lipinski definition) is 7. The molecule has 1 aromatic carbocycles. The van der Waals surface area contributed by atoms with Crippen LogP contribution in [0.3, 0.4) is 0 Å². The van der Waals surface area contributed by atoms with E-state index in [9.17, 15) is 33.9 Å². The number of primary amides is 1. The number of amides is 4. The van der Waals surface area contributed by atoms with E-state index in [1.807, 2.05) is 0 Å². The number of hydrogen-bond acceptors (Lipinski definition) is 7. The monoisotopic (exact) mass is 521 g/mol. The molecule has 0 aliphatic heterocycles. The maximum absolute atomic E-state index is 13.2. The van der Waals surface area contributed by atoms with Crippen LogP contribution in [0.25, 0.3) is 0 Å². The van der Waals surface area contributed by atoms with Crippen molar-refractivity contribution < 1.29 is 39.0 Å². The summed E-state index contributed by atoms with van der Waals surface area (Å²) in [6, 6.07) is 3.50. The highest BCUT2D eigenvalue weighted by molar-refractivity contribution is 5.95. The van der Waals surface area contributed by atoms with Gasteiger partial charge in [-0.3, -0.25) is 24.0 Å². The third-order valence-corrected chi connectivity index (χ3v) is 5.28. The molecule has 0 aromatic heterocycles. The largest absolute Gasteiger partial charge is 0.481 e. The second-order valence-corrected chi connectivity index (χ2v) is 9.05. The van der Waals surface area contributed by atoms with Crippen LogP contribution in [0.1, 0.15) is 45.1 Å². The van der Waals surface area contributed by atoms with Crippen molar-refractivity contribution in [2.45, 2.75) is 70.1 Å². The molecule has 0 spiro atoms. The number of carbonyl (C=O) groups is 6. The minimum Gasteiger partial charge on any atom is -0.481 e. The van der Waals surface area contributed by atoms with Gasteiger partial charge in [0.2, 0.25) is 23.6 Å². The minimum absolute atomic E-state index is 0.0184. The van der Waals surface area contributed by atoms with Gasteiger partial charge >= 0.3 is 11.9 Å². The summed E-state index contributed by atoms with van der Waals surface area (Å²) in [5.41, 5.74) is 11.4. The first-order valence-electron chi connectivity index (χ1n) is 11.7. The van der Waals surface area contributed by atoms with Crippen LogP contribution in [0.2, 0.25) is 0 Å². The maximum atomic E-state index is 13.2. The molecule has 4 unspecified atom stereocenters. The Morgan fingerprint density at radius 3 is 1.89 bits per heavy atom. The molecule has 0 bridgehead atoms. The van der Waals surface area contributed by atoms with E-state index in [1.165, 1.54) is 0 Å². The molecule has 0 fully saturated rings. The van der Waals surface area contributed by atoms with E-state index in [2.05, 4.69) is 16.0 Å². The summed E-state index contributed by atoms with van der Waals surface area (Å²) in [6.07, 6.45) is -0.978. The Morgan fingerprint density at radius 1 is 0.838 bits per heavy atom. The van der Waals surface area contributed by atoms with Crippen LogP contribution >= 0.6 is 0 Å². The van der Waals surface area contributed by atoms with E-state index >= 15 is 0 Å². The Labute approximate surface area is 214 Å². The third-order valence-electron chi connectivity index (χ3n) is 5.28.